The molecule has 4 rings (SSSR count). The molecule has 0 amide bonds. The highest BCUT2D eigenvalue weighted by Crippen LogP contribution is 2.65. The molecule has 0 saturated heterocycles. The predicted molar refractivity (Wildman–Crippen MR) is 60.9 cm³/mol. The first kappa shape index (κ1) is 8.78. The van der Waals surface area contributed by atoms with Gasteiger partial charge in [0, 0.05) is 5.16 Å². The monoisotopic (exact) mass is 193 g/mol. The van der Waals surface area contributed by atoms with Gasteiger partial charge in [0.15, 0.2) is 0 Å². The Balaban J connectivity index is 1.91. The lowest BCUT2D eigenvalue weighted by molar-refractivity contribution is 0.0365. The minimum absolute atomic E-state index is 0.529. The van der Waals surface area contributed by atoms with Crippen molar-refractivity contribution in [1.82, 2.24) is 0 Å². The van der Waals surface area contributed by atoms with Crippen molar-refractivity contribution in [2.45, 2.75) is 43.7 Å². The van der Waals surface area contributed by atoms with Crippen molar-refractivity contribution in [2.75, 3.05) is 6.66 Å². The fraction of sp³-hybridized carbons (Fsp3) is 1.00. The third kappa shape index (κ3) is 1.23. The van der Waals surface area contributed by atoms with Crippen LogP contribution in [0.25, 0.3) is 0 Å². The lowest BCUT2D eigenvalue weighted by atomic mass is 9.56. The van der Waals surface area contributed by atoms with E-state index >= 15 is 0 Å². The molecule has 4 aliphatic rings. The van der Waals surface area contributed by atoms with Gasteiger partial charge >= 0.3 is 0 Å². The first-order valence-corrected chi connectivity index (χ1v) is 7.85. The van der Waals surface area contributed by atoms with E-state index in [9.17, 15) is 0 Å². The summed E-state index contributed by atoms with van der Waals surface area (Å²) in [4.78, 5) is 0. The summed E-state index contributed by atoms with van der Waals surface area (Å²) in [6, 6.07) is 0. The molecular weight excluding hydrogens is 174 g/mol. The van der Waals surface area contributed by atoms with Crippen LogP contribution in [0, 0.1) is 17.8 Å². The van der Waals surface area contributed by atoms with Gasteiger partial charge in [-0.25, -0.2) is 0 Å². The molecule has 0 aromatic carbocycles. The molecule has 0 spiro atoms. The molecule has 4 fully saturated rings. The summed E-state index contributed by atoms with van der Waals surface area (Å²) >= 11 is 0. The number of rotatable bonds is 1. The van der Waals surface area contributed by atoms with E-state index in [2.05, 4.69) is 6.66 Å². The normalized spacial score (nSPS) is 55.4. The van der Waals surface area contributed by atoms with Crippen LogP contribution in [0.1, 0.15) is 38.5 Å². The zero-order chi connectivity index (χ0) is 9.05. The molecule has 2 heteroatoms. The van der Waals surface area contributed by atoms with Crippen LogP contribution in [0.4, 0.5) is 0 Å². The van der Waals surface area contributed by atoms with Gasteiger partial charge in [-0.1, -0.05) is 0 Å². The second kappa shape index (κ2) is 2.75. The second-order valence-corrected chi connectivity index (χ2v) is 8.31. The molecule has 0 nitrogen and oxygen atoms in total. The lowest BCUT2D eigenvalue weighted by Crippen LogP contribution is -2.49. The van der Waals surface area contributed by atoms with Crippen LogP contribution in [0.15, 0.2) is 0 Å². The lowest BCUT2D eigenvalue weighted by Gasteiger charge is -2.58. The molecule has 4 bridgehead atoms. The molecular formula is C11H19BP. The van der Waals surface area contributed by atoms with E-state index in [1.165, 1.54) is 19.3 Å². The van der Waals surface area contributed by atoms with E-state index in [1.807, 2.05) is 0 Å². The van der Waals surface area contributed by atoms with Crippen LogP contribution < -0.4 is 0 Å². The van der Waals surface area contributed by atoms with Gasteiger partial charge in [0.25, 0.3) is 0 Å². The summed E-state index contributed by atoms with van der Waals surface area (Å²) in [5.74, 6) is 3.24. The van der Waals surface area contributed by atoms with Gasteiger partial charge in [0.1, 0.15) is 0 Å². The van der Waals surface area contributed by atoms with Crippen molar-refractivity contribution in [3.05, 3.63) is 0 Å². The molecule has 1 unspecified atom stereocenters. The molecule has 4 saturated carbocycles. The zero-order valence-electron chi connectivity index (χ0n) is 8.55. The Morgan fingerprint density at radius 2 is 1.38 bits per heavy atom. The maximum Gasteiger partial charge on any atom is 0.0310 e. The summed E-state index contributed by atoms with van der Waals surface area (Å²) in [5, 5.41) is 0.680. The molecule has 0 aromatic rings. The van der Waals surface area contributed by atoms with Gasteiger partial charge in [-0.05, 0) is 62.9 Å². The first-order chi connectivity index (χ1) is 6.18. The van der Waals surface area contributed by atoms with E-state index in [4.69, 9.17) is 7.57 Å². The van der Waals surface area contributed by atoms with Crippen molar-refractivity contribution in [3.8, 4) is 0 Å². The molecule has 13 heavy (non-hydrogen) atoms. The van der Waals surface area contributed by atoms with Crippen molar-refractivity contribution in [2.24, 2.45) is 17.8 Å². The van der Waals surface area contributed by atoms with Crippen molar-refractivity contribution >= 4 is 15.4 Å². The third-order valence-corrected chi connectivity index (χ3v) is 7.16. The molecule has 3 radical (unpaired) electrons. The Kier molecular flexibility index (Phi) is 1.86. The van der Waals surface area contributed by atoms with Crippen LogP contribution in [-0.2, 0) is 0 Å². The van der Waals surface area contributed by atoms with Gasteiger partial charge in [0.05, 0.1) is 0 Å². The predicted octanol–water partition coefficient (Wildman–Crippen LogP) is 2.88. The molecule has 0 aliphatic heterocycles. The van der Waals surface area contributed by atoms with Crippen molar-refractivity contribution in [1.29, 1.82) is 0 Å². The topological polar surface area (TPSA) is 0 Å². The van der Waals surface area contributed by atoms with E-state index in [0.717, 1.165) is 17.8 Å². The average Bonchev–Trinajstić information content (AvgIpc) is 2.00. The van der Waals surface area contributed by atoms with Gasteiger partial charge in [-0.15, -0.1) is 0 Å². The highest BCUT2D eigenvalue weighted by Gasteiger charge is 2.52. The summed E-state index contributed by atoms with van der Waals surface area (Å²) in [5.41, 5.74) is 0. The van der Waals surface area contributed by atoms with Gasteiger partial charge < -0.3 is 7.57 Å². The van der Waals surface area contributed by atoms with Gasteiger partial charge in [0.2, 0.25) is 0 Å². The Morgan fingerprint density at radius 3 is 1.69 bits per heavy atom. The zero-order valence-corrected chi connectivity index (χ0v) is 9.55. The van der Waals surface area contributed by atoms with E-state index < -0.39 is 7.80 Å². The molecule has 0 aromatic heterocycles. The van der Waals surface area contributed by atoms with E-state index in [0.29, 0.717) is 5.16 Å². The maximum absolute atomic E-state index is 6.29. The third-order valence-electron chi connectivity index (χ3n) is 4.87. The highest BCUT2D eigenvalue weighted by molar-refractivity contribution is 7.82. The Labute approximate surface area is 84.0 Å². The van der Waals surface area contributed by atoms with Crippen molar-refractivity contribution < 1.29 is 0 Å². The summed E-state index contributed by atoms with van der Waals surface area (Å²) in [6.45, 7) is 2.35. The smallest absolute Gasteiger partial charge is 0.0310 e. The molecule has 0 heterocycles. The van der Waals surface area contributed by atoms with Crippen LogP contribution >= 0.6 is 7.80 Å². The standard InChI is InChI=1S/C11H19BP/c1-13(12)11-5-8-2-9(6-11)4-10(3-8)7-11/h8-10,13H,2-7H2,1H3. The fourth-order valence-corrected chi connectivity index (χ4v) is 6.43. The Morgan fingerprint density at radius 1 is 1.00 bits per heavy atom. The number of hydrogen-bond acceptors (Lipinski definition) is 0. The van der Waals surface area contributed by atoms with Crippen LogP contribution in [0.3, 0.4) is 0 Å². The minimum atomic E-state index is -0.529. The van der Waals surface area contributed by atoms with E-state index in [-0.39, 0.29) is 0 Å². The quantitative estimate of drug-likeness (QED) is 0.443. The number of hydrogen-bond donors (Lipinski definition) is 0. The largest absolute Gasteiger partial charge is 0.309 e. The molecule has 71 valence electrons. The Hall–Kier alpha value is 0.495. The minimum Gasteiger partial charge on any atom is -0.309 e. The summed E-state index contributed by atoms with van der Waals surface area (Å²) in [7, 11) is 5.76. The Bertz CT molecular complexity index is 189. The summed E-state index contributed by atoms with van der Waals surface area (Å²) in [6.07, 6.45) is 9.15. The van der Waals surface area contributed by atoms with Crippen LogP contribution in [0.2, 0.25) is 0 Å². The second-order valence-electron chi connectivity index (χ2n) is 5.88. The van der Waals surface area contributed by atoms with Gasteiger partial charge in [-0.2, -0.15) is 0 Å². The maximum atomic E-state index is 6.29. The molecule has 4 aliphatic carbocycles. The first-order valence-electron chi connectivity index (χ1n) is 5.77. The molecule has 1 atom stereocenters. The SMILES string of the molecule is [B-][PH+](C)C12CC3CC(CC(C3)C1)C2. The average molecular weight is 193 g/mol. The van der Waals surface area contributed by atoms with Crippen molar-refractivity contribution in [3.63, 3.8) is 0 Å². The fourth-order valence-electron chi connectivity index (χ4n) is 4.59. The van der Waals surface area contributed by atoms with Gasteiger partial charge in [-0.3, -0.25) is 7.80 Å². The molecule has 0 N–H and O–H groups in total. The highest BCUT2D eigenvalue weighted by atomic mass is 31.1. The van der Waals surface area contributed by atoms with E-state index in [1.54, 1.807) is 19.3 Å². The van der Waals surface area contributed by atoms with Crippen LogP contribution in [-0.4, -0.2) is 19.4 Å². The summed E-state index contributed by atoms with van der Waals surface area (Å²) < 4.78 is 0. The van der Waals surface area contributed by atoms with Crippen LogP contribution in [0.5, 0.6) is 0 Å².